The molecule has 0 saturated carbocycles. The Morgan fingerprint density at radius 3 is 2.61 bits per heavy atom. The Morgan fingerprint density at radius 2 is 1.96 bits per heavy atom. The van der Waals surface area contributed by atoms with Crippen LogP contribution in [0.5, 0.6) is 5.75 Å². The molecule has 0 saturated heterocycles. The minimum Gasteiger partial charge on any atom is -0.494 e. The van der Waals surface area contributed by atoms with Crippen molar-refractivity contribution in [2.75, 3.05) is 19.0 Å². The fraction of sp³-hybridized carbons (Fsp3) is 0.111. The molecule has 8 nitrogen and oxygen atoms in total. The zero-order valence-electron chi connectivity index (χ0n) is 14.5. The molecular weight excluding hydrogens is 411 g/mol. The van der Waals surface area contributed by atoms with Crippen LogP contribution in [0.4, 0.5) is 11.4 Å². The lowest BCUT2D eigenvalue weighted by molar-refractivity contribution is -0.384. The fourth-order valence-corrected chi connectivity index (χ4v) is 2.53. The summed E-state index contributed by atoms with van der Waals surface area (Å²) in [6.07, 6.45) is 2.55. The molecule has 0 fully saturated rings. The first-order valence-electron chi connectivity index (χ1n) is 7.72. The van der Waals surface area contributed by atoms with Crippen LogP contribution in [0.1, 0.15) is 5.56 Å². The second-order valence-electron chi connectivity index (χ2n) is 5.30. The molecule has 0 bridgehead atoms. The number of carbonyl (C=O) groups is 2. The predicted octanol–water partition coefficient (Wildman–Crippen LogP) is 4.11. The smallest absolute Gasteiger partial charge is 0.331 e. The van der Waals surface area contributed by atoms with Crippen LogP contribution < -0.4 is 10.1 Å². The van der Waals surface area contributed by atoms with Gasteiger partial charge < -0.3 is 14.8 Å². The Bertz CT molecular complexity index is 946. The van der Waals surface area contributed by atoms with Gasteiger partial charge in [-0.2, -0.15) is 0 Å². The number of hydrogen-bond donors (Lipinski definition) is 1. The van der Waals surface area contributed by atoms with E-state index in [0.29, 0.717) is 15.6 Å². The Balaban J connectivity index is 1.92. The number of ether oxygens (including phenoxy) is 2. The maximum Gasteiger partial charge on any atom is 0.331 e. The average molecular weight is 425 g/mol. The molecule has 0 aromatic heterocycles. The zero-order valence-corrected chi connectivity index (χ0v) is 16.0. The molecule has 0 aliphatic rings. The van der Waals surface area contributed by atoms with Crippen molar-refractivity contribution in [2.45, 2.75) is 0 Å². The molecule has 0 aliphatic heterocycles. The summed E-state index contributed by atoms with van der Waals surface area (Å²) in [7, 11) is 1.31. The molecule has 0 spiro atoms. The molecule has 2 rings (SSSR count). The second-order valence-corrected chi connectivity index (χ2v) is 6.14. The van der Waals surface area contributed by atoms with Gasteiger partial charge in [-0.1, -0.05) is 29.3 Å². The predicted molar refractivity (Wildman–Crippen MR) is 105 cm³/mol. The summed E-state index contributed by atoms with van der Waals surface area (Å²) in [5.74, 6) is -1.29. The second kappa shape index (κ2) is 9.72. The maximum absolute atomic E-state index is 11.9. The molecule has 0 atom stereocenters. The van der Waals surface area contributed by atoms with Gasteiger partial charge in [0, 0.05) is 22.2 Å². The highest BCUT2D eigenvalue weighted by atomic mass is 35.5. The van der Waals surface area contributed by atoms with Crippen molar-refractivity contribution in [3.63, 3.8) is 0 Å². The monoisotopic (exact) mass is 424 g/mol. The summed E-state index contributed by atoms with van der Waals surface area (Å²) in [6, 6.07) is 8.47. The third kappa shape index (κ3) is 5.97. The highest BCUT2D eigenvalue weighted by Gasteiger charge is 2.14. The van der Waals surface area contributed by atoms with Crippen molar-refractivity contribution in [1.82, 2.24) is 0 Å². The van der Waals surface area contributed by atoms with Crippen LogP contribution in [0.2, 0.25) is 10.0 Å². The van der Waals surface area contributed by atoms with Gasteiger partial charge in [0.2, 0.25) is 0 Å². The topological polar surface area (TPSA) is 108 Å². The van der Waals surface area contributed by atoms with Crippen molar-refractivity contribution in [2.24, 2.45) is 0 Å². The van der Waals surface area contributed by atoms with Crippen LogP contribution in [-0.2, 0) is 14.3 Å². The van der Waals surface area contributed by atoms with Crippen LogP contribution in [0, 0.1) is 10.1 Å². The van der Waals surface area contributed by atoms with E-state index >= 15 is 0 Å². The summed E-state index contributed by atoms with van der Waals surface area (Å²) in [6.45, 7) is -0.558. The number of carbonyl (C=O) groups excluding carboxylic acids is 2. The molecule has 28 heavy (non-hydrogen) atoms. The number of hydrogen-bond acceptors (Lipinski definition) is 6. The Hall–Kier alpha value is -3.10. The van der Waals surface area contributed by atoms with E-state index in [9.17, 15) is 19.7 Å². The number of halogens is 2. The molecule has 2 aromatic rings. The average Bonchev–Trinajstić information content (AvgIpc) is 2.65. The highest BCUT2D eigenvalue weighted by Crippen LogP contribution is 2.29. The van der Waals surface area contributed by atoms with Gasteiger partial charge in [-0.15, -0.1) is 0 Å². The Kier molecular flexibility index (Phi) is 7.36. The van der Waals surface area contributed by atoms with Gasteiger partial charge in [-0.05, 0) is 29.8 Å². The number of non-ortho nitro benzene ring substituents is 1. The normalized spacial score (nSPS) is 10.5. The first-order chi connectivity index (χ1) is 13.3. The quantitative estimate of drug-likeness (QED) is 0.310. The lowest BCUT2D eigenvalue weighted by Gasteiger charge is -2.09. The van der Waals surface area contributed by atoms with Gasteiger partial charge in [-0.25, -0.2) is 4.79 Å². The molecule has 1 N–H and O–H groups in total. The number of anilines is 1. The molecule has 0 aliphatic carbocycles. The lowest BCUT2D eigenvalue weighted by atomic mass is 10.2. The van der Waals surface area contributed by atoms with E-state index in [1.165, 1.54) is 37.5 Å². The molecule has 0 heterocycles. The van der Waals surface area contributed by atoms with E-state index in [1.54, 1.807) is 12.1 Å². The number of amides is 1. The third-order valence-electron chi connectivity index (χ3n) is 3.38. The van der Waals surface area contributed by atoms with Gasteiger partial charge in [0.1, 0.15) is 5.75 Å². The SMILES string of the molecule is COc1cc([N+](=O)[O-])ccc1NC(=O)COC(=O)/C=C/c1ccc(Cl)cc1Cl. The van der Waals surface area contributed by atoms with Crippen molar-refractivity contribution in [3.05, 3.63) is 68.2 Å². The van der Waals surface area contributed by atoms with E-state index in [0.717, 1.165) is 6.08 Å². The van der Waals surface area contributed by atoms with Crippen LogP contribution in [0.3, 0.4) is 0 Å². The zero-order chi connectivity index (χ0) is 20.7. The fourth-order valence-electron chi connectivity index (χ4n) is 2.06. The number of nitro benzene ring substituents is 1. The van der Waals surface area contributed by atoms with Crippen molar-refractivity contribution < 1.29 is 24.0 Å². The summed E-state index contributed by atoms with van der Waals surface area (Å²) in [4.78, 5) is 33.8. The number of methoxy groups -OCH3 is 1. The van der Waals surface area contributed by atoms with Gasteiger partial charge in [0.25, 0.3) is 11.6 Å². The summed E-state index contributed by atoms with van der Waals surface area (Å²) in [5, 5.41) is 14.0. The summed E-state index contributed by atoms with van der Waals surface area (Å²) >= 11 is 11.8. The number of nitro groups is 1. The standard InChI is InChI=1S/C18H14Cl2N2O6/c1-27-16-9-13(22(25)26)5-6-15(16)21-17(23)10-28-18(24)7-3-11-2-4-12(19)8-14(11)20/h2-9H,10H2,1H3,(H,21,23)/b7-3+. The summed E-state index contributed by atoms with van der Waals surface area (Å²) in [5.41, 5.74) is 0.577. The molecule has 0 radical (unpaired) electrons. The molecule has 0 unspecified atom stereocenters. The highest BCUT2D eigenvalue weighted by molar-refractivity contribution is 6.35. The van der Waals surface area contributed by atoms with E-state index in [-0.39, 0.29) is 17.1 Å². The Morgan fingerprint density at radius 1 is 1.21 bits per heavy atom. The van der Waals surface area contributed by atoms with Gasteiger partial charge >= 0.3 is 5.97 Å². The molecule has 1 amide bonds. The van der Waals surface area contributed by atoms with Crippen molar-refractivity contribution in [1.29, 1.82) is 0 Å². The largest absolute Gasteiger partial charge is 0.494 e. The maximum atomic E-state index is 11.9. The van der Waals surface area contributed by atoms with Crippen LogP contribution in [-0.4, -0.2) is 30.5 Å². The van der Waals surface area contributed by atoms with Crippen molar-refractivity contribution >= 4 is 52.5 Å². The minimum absolute atomic E-state index is 0.103. The summed E-state index contributed by atoms with van der Waals surface area (Å²) < 4.78 is 9.85. The van der Waals surface area contributed by atoms with E-state index in [1.807, 2.05) is 0 Å². The van der Waals surface area contributed by atoms with Crippen LogP contribution in [0.25, 0.3) is 6.08 Å². The number of rotatable bonds is 7. The van der Waals surface area contributed by atoms with E-state index < -0.39 is 23.4 Å². The number of nitrogens with one attached hydrogen (secondary N) is 1. The molecule has 10 heteroatoms. The molecule has 146 valence electrons. The first-order valence-corrected chi connectivity index (χ1v) is 8.48. The van der Waals surface area contributed by atoms with Crippen LogP contribution >= 0.6 is 23.2 Å². The minimum atomic E-state index is -0.753. The molecule has 2 aromatic carbocycles. The van der Waals surface area contributed by atoms with Gasteiger partial charge in [-0.3, -0.25) is 14.9 Å². The van der Waals surface area contributed by atoms with Crippen LogP contribution in [0.15, 0.2) is 42.5 Å². The Labute approximate surface area is 169 Å². The molecular formula is C18H14Cl2N2O6. The third-order valence-corrected chi connectivity index (χ3v) is 3.94. The lowest BCUT2D eigenvalue weighted by Crippen LogP contribution is -2.20. The van der Waals surface area contributed by atoms with E-state index in [4.69, 9.17) is 32.7 Å². The van der Waals surface area contributed by atoms with Crippen molar-refractivity contribution in [3.8, 4) is 5.75 Å². The number of benzene rings is 2. The number of esters is 1. The van der Waals surface area contributed by atoms with E-state index in [2.05, 4.69) is 5.32 Å². The first kappa shape index (κ1) is 21.2. The van der Waals surface area contributed by atoms with Gasteiger partial charge in [0.15, 0.2) is 6.61 Å². The number of nitrogens with zero attached hydrogens (tertiary/aromatic N) is 1. The van der Waals surface area contributed by atoms with Gasteiger partial charge in [0.05, 0.1) is 23.8 Å².